The summed E-state index contributed by atoms with van der Waals surface area (Å²) in [6.07, 6.45) is 14.9. The average molecular weight is 271 g/mol. The van der Waals surface area contributed by atoms with E-state index in [1.165, 1.54) is 90.3 Å². The van der Waals surface area contributed by atoms with Crippen LogP contribution in [0.4, 0.5) is 0 Å². The van der Waals surface area contributed by atoms with Gasteiger partial charge in [0.05, 0.1) is 0 Å². The molecule has 0 aromatic heterocycles. The number of rotatable bonds is 15. The maximum absolute atomic E-state index is 5.50. The zero-order chi connectivity index (χ0) is 14.2. The SMILES string of the molecule is CCCCN(CCCC)CCCCCCCCCN. The largest absolute Gasteiger partial charge is 0.330 e. The normalized spacial score (nSPS) is 11.4. The van der Waals surface area contributed by atoms with E-state index in [0.29, 0.717) is 0 Å². The molecule has 2 heteroatoms. The number of hydrogen-bond donors (Lipinski definition) is 1. The molecule has 2 nitrogen and oxygen atoms in total. The van der Waals surface area contributed by atoms with E-state index in [4.69, 9.17) is 5.73 Å². The van der Waals surface area contributed by atoms with Gasteiger partial charge < -0.3 is 10.6 Å². The van der Waals surface area contributed by atoms with E-state index in [1.807, 2.05) is 0 Å². The molecule has 0 saturated carbocycles. The Kier molecular flexibility index (Phi) is 15.9. The van der Waals surface area contributed by atoms with Gasteiger partial charge in [0.15, 0.2) is 0 Å². The monoisotopic (exact) mass is 270 g/mol. The summed E-state index contributed by atoms with van der Waals surface area (Å²) in [7, 11) is 0. The molecule has 0 spiro atoms. The van der Waals surface area contributed by atoms with Crippen LogP contribution in [0.3, 0.4) is 0 Å². The van der Waals surface area contributed by atoms with Crippen LogP contribution < -0.4 is 5.73 Å². The van der Waals surface area contributed by atoms with Gasteiger partial charge in [0.2, 0.25) is 0 Å². The molecule has 116 valence electrons. The van der Waals surface area contributed by atoms with Crippen LogP contribution in [0.25, 0.3) is 0 Å². The van der Waals surface area contributed by atoms with Crippen LogP contribution in [0.5, 0.6) is 0 Å². The van der Waals surface area contributed by atoms with Gasteiger partial charge in [-0.3, -0.25) is 0 Å². The zero-order valence-electron chi connectivity index (χ0n) is 13.6. The molecule has 0 heterocycles. The predicted molar refractivity (Wildman–Crippen MR) is 87.6 cm³/mol. The van der Waals surface area contributed by atoms with Gasteiger partial charge in [0.1, 0.15) is 0 Å². The van der Waals surface area contributed by atoms with Crippen LogP contribution in [0.1, 0.15) is 84.5 Å². The fourth-order valence-corrected chi connectivity index (χ4v) is 2.46. The lowest BCUT2D eigenvalue weighted by molar-refractivity contribution is 0.259. The fourth-order valence-electron chi connectivity index (χ4n) is 2.46. The Labute approximate surface area is 122 Å². The quantitative estimate of drug-likeness (QED) is 0.441. The third kappa shape index (κ3) is 14.1. The molecule has 0 aromatic rings. The highest BCUT2D eigenvalue weighted by atomic mass is 15.1. The van der Waals surface area contributed by atoms with Crippen molar-refractivity contribution in [2.75, 3.05) is 26.2 Å². The molecular formula is C17H38N2. The molecule has 0 aliphatic carbocycles. The summed E-state index contributed by atoms with van der Waals surface area (Å²) in [6.45, 7) is 9.39. The highest BCUT2D eigenvalue weighted by Crippen LogP contribution is 2.08. The van der Waals surface area contributed by atoms with Crippen molar-refractivity contribution in [2.45, 2.75) is 84.5 Å². The lowest BCUT2D eigenvalue weighted by Crippen LogP contribution is -2.27. The van der Waals surface area contributed by atoms with E-state index in [-0.39, 0.29) is 0 Å². The van der Waals surface area contributed by atoms with E-state index in [2.05, 4.69) is 18.7 Å². The molecule has 0 saturated heterocycles. The second-order valence-electron chi connectivity index (χ2n) is 5.81. The lowest BCUT2D eigenvalue weighted by atomic mass is 10.1. The fraction of sp³-hybridized carbons (Fsp3) is 1.00. The minimum Gasteiger partial charge on any atom is -0.330 e. The Bertz CT molecular complexity index is 151. The maximum Gasteiger partial charge on any atom is -0.00187 e. The molecule has 2 N–H and O–H groups in total. The lowest BCUT2D eigenvalue weighted by Gasteiger charge is -2.21. The Balaban J connectivity index is 3.40. The molecular weight excluding hydrogens is 232 g/mol. The van der Waals surface area contributed by atoms with Crippen molar-refractivity contribution >= 4 is 0 Å². The molecule has 19 heavy (non-hydrogen) atoms. The zero-order valence-corrected chi connectivity index (χ0v) is 13.6. The van der Waals surface area contributed by atoms with Crippen LogP contribution in [0.2, 0.25) is 0 Å². The van der Waals surface area contributed by atoms with Gasteiger partial charge in [-0.1, -0.05) is 58.8 Å². The standard InChI is InChI=1S/C17H38N2/c1-3-5-15-19(16-6-4-2)17-13-11-9-7-8-10-12-14-18/h3-18H2,1-2H3. The summed E-state index contributed by atoms with van der Waals surface area (Å²) in [4.78, 5) is 2.68. The number of nitrogens with two attached hydrogens (primary N) is 1. The molecule has 0 atom stereocenters. The highest BCUT2D eigenvalue weighted by molar-refractivity contribution is 4.58. The van der Waals surface area contributed by atoms with Crippen LogP contribution >= 0.6 is 0 Å². The van der Waals surface area contributed by atoms with Crippen molar-refractivity contribution in [2.24, 2.45) is 5.73 Å². The molecule has 0 fully saturated rings. The van der Waals surface area contributed by atoms with Crippen LogP contribution in [0.15, 0.2) is 0 Å². The summed E-state index contributed by atoms with van der Waals surface area (Å²) in [5.41, 5.74) is 5.50. The van der Waals surface area contributed by atoms with E-state index in [9.17, 15) is 0 Å². The van der Waals surface area contributed by atoms with Crippen LogP contribution in [-0.2, 0) is 0 Å². The first-order chi connectivity index (χ1) is 9.35. The second-order valence-corrected chi connectivity index (χ2v) is 5.81. The third-order valence-electron chi connectivity index (χ3n) is 3.83. The Morgan fingerprint density at radius 2 is 1.00 bits per heavy atom. The Morgan fingerprint density at radius 1 is 0.579 bits per heavy atom. The molecule has 0 aromatic carbocycles. The van der Waals surface area contributed by atoms with E-state index in [1.54, 1.807) is 0 Å². The highest BCUT2D eigenvalue weighted by Gasteiger charge is 2.03. The van der Waals surface area contributed by atoms with Crippen molar-refractivity contribution < 1.29 is 0 Å². The van der Waals surface area contributed by atoms with Gasteiger partial charge in [-0.2, -0.15) is 0 Å². The van der Waals surface area contributed by atoms with Gasteiger partial charge in [0, 0.05) is 0 Å². The molecule has 0 amide bonds. The summed E-state index contributed by atoms with van der Waals surface area (Å²) < 4.78 is 0. The van der Waals surface area contributed by atoms with Crippen LogP contribution in [0, 0.1) is 0 Å². The smallest absolute Gasteiger partial charge is 0.00187 e. The molecule has 0 bridgehead atoms. The Morgan fingerprint density at radius 3 is 1.47 bits per heavy atom. The first-order valence-electron chi connectivity index (χ1n) is 8.77. The summed E-state index contributed by atoms with van der Waals surface area (Å²) in [5.74, 6) is 0. The van der Waals surface area contributed by atoms with E-state index < -0.39 is 0 Å². The first kappa shape index (κ1) is 18.9. The van der Waals surface area contributed by atoms with Gasteiger partial charge in [-0.15, -0.1) is 0 Å². The van der Waals surface area contributed by atoms with Crippen molar-refractivity contribution in [1.29, 1.82) is 0 Å². The van der Waals surface area contributed by atoms with Crippen molar-refractivity contribution in [3.8, 4) is 0 Å². The second kappa shape index (κ2) is 16.0. The van der Waals surface area contributed by atoms with Crippen molar-refractivity contribution in [3.63, 3.8) is 0 Å². The molecule has 0 aliphatic heterocycles. The van der Waals surface area contributed by atoms with Gasteiger partial charge in [-0.05, 0) is 51.9 Å². The minimum atomic E-state index is 0.865. The third-order valence-corrected chi connectivity index (χ3v) is 3.83. The predicted octanol–water partition coefficient (Wildman–Crippen LogP) is 4.58. The molecule has 0 rings (SSSR count). The Hall–Kier alpha value is -0.0800. The summed E-state index contributed by atoms with van der Waals surface area (Å²) in [5, 5.41) is 0. The summed E-state index contributed by atoms with van der Waals surface area (Å²) in [6, 6.07) is 0. The summed E-state index contributed by atoms with van der Waals surface area (Å²) >= 11 is 0. The van der Waals surface area contributed by atoms with Gasteiger partial charge >= 0.3 is 0 Å². The van der Waals surface area contributed by atoms with Gasteiger partial charge in [-0.25, -0.2) is 0 Å². The number of nitrogens with zero attached hydrogens (tertiary/aromatic N) is 1. The van der Waals surface area contributed by atoms with Crippen molar-refractivity contribution in [3.05, 3.63) is 0 Å². The first-order valence-corrected chi connectivity index (χ1v) is 8.77. The molecule has 0 aliphatic rings. The molecule has 0 unspecified atom stereocenters. The number of hydrogen-bond acceptors (Lipinski definition) is 2. The average Bonchev–Trinajstić information content (AvgIpc) is 2.43. The topological polar surface area (TPSA) is 29.3 Å². The van der Waals surface area contributed by atoms with Gasteiger partial charge in [0.25, 0.3) is 0 Å². The van der Waals surface area contributed by atoms with E-state index >= 15 is 0 Å². The number of unbranched alkanes of at least 4 members (excludes halogenated alkanes) is 8. The van der Waals surface area contributed by atoms with Crippen molar-refractivity contribution in [1.82, 2.24) is 4.90 Å². The van der Waals surface area contributed by atoms with Crippen LogP contribution in [-0.4, -0.2) is 31.1 Å². The van der Waals surface area contributed by atoms with E-state index in [0.717, 1.165) is 6.54 Å². The minimum absolute atomic E-state index is 0.865. The molecule has 0 radical (unpaired) electrons. The maximum atomic E-state index is 5.50.